The van der Waals surface area contributed by atoms with E-state index < -0.39 is 23.7 Å². The summed E-state index contributed by atoms with van der Waals surface area (Å²) in [5.41, 5.74) is 2.67. The van der Waals surface area contributed by atoms with Crippen molar-refractivity contribution >= 4 is 40.5 Å². The molecule has 0 radical (unpaired) electrons. The minimum atomic E-state index is -0.668. The summed E-state index contributed by atoms with van der Waals surface area (Å²) < 4.78 is 10.3. The van der Waals surface area contributed by atoms with E-state index in [-0.39, 0.29) is 25.4 Å². The number of hydrogen-bond acceptors (Lipinski definition) is 6. The third kappa shape index (κ3) is 5.53. The van der Waals surface area contributed by atoms with E-state index in [0.29, 0.717) is 17.6 Å². The number of pyridine rings is 1. The molecule has 1 aliphatic heterocycles. The van der Waals surface area contributed by atoms with Gasteiger partial charge in [0.05, 0.1) is 30.1 Å². The first kappa shape index (κ1) is 25.2. The van der Waals surface area contributed by atoms with E-state index in [0.717, 1.165) is 47.3 Å². The van der Waals surface area contributed by atoms with Gasteiger partial charge in [-0.15, -0.1) is 0 Å². The largest absolute Gasteiger partial charge is 0.469 e. The Labute approximate surface area is 210 Å². The van der Waals surface area contributed by atoms with Crippen LogP contribution in [0, 0.1) is 0 Å². The van der Waals surface area contributed by atoms with Gasteiger partial charge in [0.2, 0.25) is 0 Å². The Morgan fingerprint density at radius 2 is 1.89 bits per heavy atom. The quantitative estimate of drug-likeness (QED) is 0.579. The van der Waals surface area contributed by atoms with Gasteiger partial charge in [-0.2, -0.15) is 0 Å². The first-order chi connectivity index (χ1) is 16.6. The fourth-order valence-corrected chi connectivity index (χ4v) is 5.10. The highest BCUT2D eigenvalue weighted by Crippen LogP contribution is 2.33. The Bertz CT molecular complexity index is 1160. The van der Waals surface area contributed by atoms with Crippen molar-refractivity contribution in [2.75, 3.05) is 26.7 Å². The lowest BCUT2D eigenvalue weighted by molar-refractivity contribution is -0.142. The van der Waals surface area contributed by atoms with Crippen molar-refractivity contribution in [2.45, 2.75) is 64.5 Å². The van der Waals surface area contributed by atoms with Crippen LogP contribution in [0.1, 0.15) is 61.6 Å². The molecule has 2 aromatic rings. The first-order valence-electron chi connectivity index (χ1n) is 12.0. The van der Waals surface area contributed by atoms with Crippen LogP contribution in [0.4, 0.5) is 4.79 Å². The number of rotatable bonds is 3. The second kappa shape index (κ2) is 10.0. The molecule has 1 saturated heterocycles. The molecule has 9 heteroatoms. The van der Waals surface area contributed by atoms with Gasteiger partial charge < -0.3 is 19.3 Å². The zero-order valence-electron chi connectivity index (χ0n) is 20.7. The number of carbonyl (C=O) groups excluding carboxylic acids is 3. The zero-order chi connectivity index (χ0) is 25.3. The van der Waals surface area contributed by atoms with Crippen LogP contribution in [-0.2, 0) is 27.1 Å². The molecule has 0 spiro atoms. The van der Waals surface area contributed by atoms with Crippen LogP contribution >= 0.6 is 11.6 Å². The monoisotopic (exact) mass is 501 g/mol. The molecule has 4 rings (SSSR count). The zero-order valence-corrected chi connectivity index (χ0v) is 21.5. The second-order valence-corrected chi connectivity index (χ2v) is 10.5. The number of aryl methyl sites for hydroxylation is 1. The predicted octanol–water partition coefficient (Wildman–Crippen LogP) is 4.39. The van der Waals surface area contributed by atoms with Crippen LogP contribution in [-0.4, -0.2) is 71.1 Å². The lowest BCUT2D eigenvalue weighted by Gasteiger charge is -2.41. The Morgan fingerprint density at radius 3 is 2.60 bits per heavy atom. The molecule has 2 amide bonds. The number of methoxy groups -OCH3 is 1. The summed E-state index contributed by atoms with van der Waals surface area (Å²) in [5.74, 6) is -0.631. The van der Waals surface area contributed by atoms with Gasteiger partial charge in [-0.3, -0.25) is 14.6 Å². The summed E-state index contributed by atoms with van der Waals surface area (Å²) >= 11 is 6.68. The number of piperazine rings is 1. The molecule has 0 saturated carbocycles. The Kier molecular flexibility index (Phi) is 7.22. The van der Waals surface area contributed by atoms with Crippen molar-refractivity contribution in [3.63, 3.8) is 0 Å². The van der Waals surface area contributed by atoms with Crippen LogP contribution in [0.2, 0.25) is 5.02 Å². The lowest BCUT2D eigenvalue weighted by Crippen LogP contribution is -2.57. The molecule has 1 aromatic carbocycles. The predicted molar refractivity (Wildman–Crippen MR) is 133 cm³/mol. The summed E-state index contributed by atoms with van der Waals surface area (Å²) in [6.07, 6.45) is 3.49. The Morgan fingerprint density at radius 1 is 1.14 bits per heavy atom. The van der Waals surface area contributed by atoms with E-state index in [4.69, 9.17) is 26.1 Å². The van der Waals surface area contributed by atoms with Crippen LogP contribution < -0.4 is 0 Å². The number of aromatic nitrogens is 1. The maximum atomic E-state index is 13.4. The van der Waals surface area contributed by atoms with Gasteiger partial charge in [0.1, 0.15) is 5.60 Å². The first-order valence-corrected chi connectivity index (χ1v) is 12.4. The van der Waals surface area contributed by atoms with Gasteiger partial charge in [-0.05, 0) is 64.2 Å². The molecule has 1 aromatic heterocycles. The maximum absolute atomic E-state index is 13.4. The van der Waals surface area contributed by atoms with Gasteiger partial charge in [0.15, 0.2) is 0 Å². The number of esters is 1. The average Bonchev–Trinajstić information content (AvgIpc) is 2.82. The summed E-state index contributed by atoms with van der Waals surface area (Å²) in [7, 11) is 1.30. The molecule has 8 nitrogen and oxygen atoms in total. The summed E-state index contributed by atoms with van der Waals surface area (Å²) in [6, 6.07) is 4.86. The highest BCUT2D eigenvalue weighted by atomic mass is 35.5. The smallest absolute Gasteiger partial charge is 0.410 e. The number of amides is 2. The van der Waals surface area contributed by atoms with Crippen molar-refractivity contribution in [3.05, 3.63) is 40.0 Å². The van der Waals surface area contributed by atoms with E-state index in [1.165, 1.54) is 12.0 Å². The summed E-state index contributed by atoms with van der Waals surface area (Å²) in [6.45, 7) is 6.15. The molecule has 2 aliphatic rings. The number of ether oxygens (including phenoxy) is 2. The maximum Gasteiger partial charge on any atom is 0.410 e. The van der Waals surface area contributed by atoms with Gasteiger partial charge in [-0.1, -0.05) is 17.7 Å². The fraction of sp³-hybridized carbons (Fsp3) is 0.538. The normalized spacial score (nSPS) is 18.3. The van der Waals surface area contributed by atoms with Gasteiger partial charge in [0.25, 0.3) is 5.91 Å². The topological polar surface area (TPSA) is 89.0 Å². The molecule has 1 unspecified atom stereocenters. The third-order valence-electron chi connectivity index (χ3n) is 6.47. The van der Waals surface area contributed by atoms with Crippen LogP contribution in [0.5, 0.6) is 0 Å². The van der Waals surface area contributed by atoms with E-state index in [9.17, 15) is 14.4 Å². The standard InChI is InChI=1S/C26H32ClN3O5/c1-26(2,3)35-25(33)30-12-11-29(15-17(30)14-22(31)34-4)24(32)16-9-10-19-21(13-16)28-20-8-6-5-7-18(20)23(19)27/h9-10,13,17H,5-8,11-12,14-15H2,1-4H3. The molecule has 0 N–H and O–H groups in total. The Hall–Kier alpha value is -2.87. The number of fused-ring (bicyclic) bond motifs is 2. The Balaban J connectivity index is 1.57. The number of carbonyl (C=O) groups is 3. The molecule has 1 fully saturated rings. The van der Waals surface area contributed by atoms with Gasteiger partial charge >= 0.3 is 12.1 Å². The second-order valence-electron chi connectivity index (χ2n) is 10.1. The van der Waals surface area contributed by atoms with Crippen molar-refractivity contribution in [3.8, 4) is 0 Å². The molecule has 1 aliphatic carbocycles. The minimum absolute atomic E-state index is 0.0272. The van der Waals surface area contributed by atoms with E-state index in [1.54, 1.807) is 37.8 Å². The number of hydrogen-bond donors (Lipinski definition) is 0. The van der Waals surface area contributed by atoms with Gasteiger partial charge in [0, 0.05) is 36.3 Å². The third-order valence-corrected chi connectivity index (χ3v) is 6.90. The van der Waals surface area contributed by atoms with Crippen LogP contribution in [0.25, 0.3) is 10.9 Å². The molecule has 2 heterocycles. The number of halogens is 1. The van der Waals surface area contributed by atoms with Crippen LogP contribution in [0.15, 0.2) is 18.2 Å². The highest BCUT2D eigenvalue weighted by Gasteiger charge is 2.36. The van der Waals surface area contributed by atoms with E-state index >= 15 is 0 Å². The fourth-order valence-electron chi connectivity index (χ4n) is 4.73. The van der Waals surface area contributed by atoms with E-state index in [2.05, 4.69) is 0 Å². The van der Waals surface area contributed by atoms with Crippen molar-refractivity contribution in [1.29, 1.82) is 0 Å². The van der Waals surface area contributed by atoms with Crippen molar-refractivity contribution in [1.82, 2.24) is 14.8 Å². The molecule has 0 bridgehead atoms. The summed E-state index contributed by atoms with van der Waals surface area (Å²) in [5, 5.41) is 1.58. The van der Waals surface area contributed by atoms with Crippen molar-refractivity contribution < 1.29 is 23.9 Å². The molecule has 1 atom stereocenters. The molecule has 35 heavy (non-hydrogen) atoms. The molecular formula is C26H32ClN3O5. The van der Waals surface area contributed by atoms with E-state index in [1.807, 2.05) is 6.07 Å². The molecular weight excluding hydrogens is 470 g/mol. The minimum Gasteiger partial charge on any atom is -0.469 e. The number of benzene rings is 1. The highest BCUT2D eigenvalue weighted by molar-refractivity contribution is 6.36. The van der Waals surface area contributed by atoms with Crippen LogP contribution in [0.3, 0.4) is 0 Å². The van der Waals surface area contributed by atoms with Crippen molar-refractivity contribution in [2.24, 2.45) is 0 Å². The van der Waals surface area contributed by atoms with Gasteiger partial charge in [-0.25, -0.2) is 4.79 Å². The molecule has 188 valence electrons. The lowest BCUT2D eigenvalue weighted by atomic mass is 9.94. The average molecular weight is 502 g/mol. The number of nitrogens with zero attached hydrogens (tertiary/aromatic N) is 3. The summed E-state index contributed by atoms with van der Waals surface area (Å²) in [4.78, 5) is 46.2. The SMILES string of the molecule is COC(=O)CC1CN(C(=O)c2ccc3c(Cl)c4c(nc3c2)CCCC4)CCN1C(=O)OC(C)(C)C.